The van der Waals surface area contributed by atoms with Crippen molar-refractivity contribution in [2.75, 3.05) is 17.7 Å². The molecule has 0 unspecified atom stereocenters. The molecule has 0 aromatic heterocycles. The molecule has 0 heterocycles. The molecule has 2 N–H and O–H groups in total. The van der Waals surface area contributed by atoms with Gasteiger partial charge in [0.2, 0.25) is 0 Å². The van der Waals surface area contributed by atoms with Crippen LogP contribution in [0.1, 0.15) is 11.1 Å². The Hall–Kier alpha value is -2.56. The van der Waals surface area contributed by atoms with Crippen LogP contribution in [-0.2, 0) is 0 Å². The number of aryl methyl sites for hydroxylation is 2. The van der Waals surface area contributed by atoms with E-state index in [4.69, 9.17) is 4.74 Å². The number of anilines is 2. The number of methoxy groups -OCH3 is 1. The molecule has 0 bridgehead atoms. The number of hydrogen-bond acceptors (Lipinski definition) is 2. The van der Waals surface area contributed by atoms with Crippen LogP contribution in [0.5, 0.6) is 5.75 Å². The van der Waals surface area contributed by atoms with Gasteiger partial charge in [-0.2, -0.15) is 0 Å². The lowest BCUT2D eigenvalue weighted by Gasteiger charge is -2.11. The number of halogens is 1. The number of amides is 2. The largest absolute Gasteiger partial charge is 0.497 e. The minimum absolute atomic E-state index is 0.143. The van der Waals surface area contributed by atoms with Crippen LogP contribution in [0, 0.1) is 19.7 Å². The Balaban J connectivity index is 2.08. The predicted molar refractivity (Wildman–Crippen MR) is 81.5 cm³/mol. The summed E-state index contributed by atoms with van der Waals surface area (Å²) in [6.07, 6.45) is 0. The third-order valence-corrected chi connectivity index (χ3v) is 3.05. The monoisotopic (exact) mass is 288 g/mol. The lowest BCUT2D eigenvalue weighted by Crippen LogP contribution is -2.20. The number of urea groups is 1. The number of nitrogens with one attached hydrogen (secondary N) is 2. The Morgan fingerprint density at radius 1 is 1.05 bits per heavy atom. The minimum atomic E-state index is -0.494. The second kappa shape index (κ2) is 6.26. The zero-order valence-corrected chi connectivity index (χ0v) is 12.2. The van der Waals surface area contributed by atoms with E-state index in [9.17, 15) is 9.18 Å². The van der Waals surface area contributed by atoms with Gasteiger partial charge < -0.3 is 15.4 Å². The van der Waals surface area contributed by atoms with E-state index in [1.807, 2.05) is 13.0 Å². The molecular weight excluding hydrogens is 271 g/mol. The molecule has 2 rings (SSSR count). The third kappa shape index (κ3) is 3.72. The van der Waals surface area contributed by atoms with E-state index in [2.05, 4.69) is 10.6 Å². The summed E-state index contributed by atoms with van der Waals surface area (Å²) in [6.45, 7) is 3.64. The average Bonchev–Trinajstić information content (AvgIpc) is 2.44. The Labute approximate surface area is 122 Å². The normalized spacial score (nSPS) is 10.1. The van der Waals surface area contributed by atoms with Crippen molar-refractivity contribution in [1.82, 2.24) is 0 Å². The van der Waals surface area contributed by atoms with Gasteiger partial charge in [-0.15, -0.1) is 0 Å². The number of carbonyl (C=O) groups excluding carboxylic acids is 1. The molecule has 0 aliphatic heterocycles. The molecule has 4 nitrogen and oxygen atoms in total. The fourth-order valence-corrected chi connectivity index (χ4v) is 1.90. The molecule has 5 heteroatoms. The highest BCUT2D eigenvalue weighted by Crippen LogP contribution is 2.21. The van der Waals surface area contributed by atoms with Gasteiger partial charge in [-0.3, -0.25) is 0 Å². The lowest BCUT2D eigenvalue weighted by atomic mass is 10.2. The maximum atomic E-state index is 13.7. The van der Waals surface area contributed by atoms with Crippen molar-refractivity contribution in [3.05, 3.63) is 53.3 Å². The Morgan fingerprint density at radius 3 is 2.33 bits per heavy atom. The van der Waals surface area contributed by atoms with Gasteiger partial charge in [0.05, 0.1) is 12.8 Å². The highest BCUT2D eigenvalue weighted by Gasteiger charge is 2.09. The second-order valence-electron chi connectivity index (χ2n) is 4.74. The van der Waals surface area contributed by atoms with E-state index in [1.54, 1.807) is 32.2 Å². The van der Waals surface area contributed by atoms with Gasteiger partial charge >= 0.3 is 6.03 Å². The maximum Gasteiger partial charge on any atom is 0.323 e. The summed E-state index contributed by atoms with van der Waals surface area (Å²) < 4.78 is 18.8. The Kier molecular flexibility index (Phi) is 4.42. The van der Waals surface area contributed by atoms with Crippen molar-refractivity contribution in [1.29, 1.82) is 0 Å². The van der Waals surface area contributed by atoms with E-state index in [0.717, 1.165) is 11.1 Å². The van der Waals surface area contributed by atoms with Crippen LogP contribution in [0.2, 0.25) is 0 Å². The van der Waals surface area contributed by atoms with Gasteiger partial charge in [0, 0.05) is 5.69 Å². The number of ether oxygens (including phenoxy) is 1. The zero-order valence-electron chi connectivity index (χ0n) is 12.2. The van der Waals surface area contributed by atoms with E-state index in [1.165, 1.54) is 12.1 Å². The molecule has 0 spiro atoms. The first-order valence-corrected chi connectivity index (χ1v) is 6.48. The van der Waals surface area contributed by atoms with Crippen LogP contribution in [0.15, 0.2) is 36.4 Å². The summed E-state index contributed by atoms with van der Waals surface area (Å²) in [6, 6.07) is 9.43. The maximum absolute atomic E-state index is 13.7. The summed E-state index contributed by atoms with van der Waals surface area (Å²) in [5.74, 6) is 0.250. The molecule has 2 aromatic carbocycles. The van der Waals surface area contributed by atoms with Crippen molar-refractivity contribution in [3.8, 4) is 5.75 Å². The summed E-state index contributed by atoms with van der Waals surface area (Å²) in [5.41, 5.74) is 2.43. The molecule has 0 saturated heterocycles. The fraction of sp³-hybridized carbons (Fsp3) is 0.188. The Morgan fingerprint density at radius 2 is 1.71 bits per heavy atom. The first-order valence-electron chi connectivity index (χ1n) is 6.48. The van der Waals surface area contributed by atoms with Crippen LogP contribution < -0.4 is 15.4 Å². The van der Waals surface area contributed by atoms with Crippen LogP contribution >= 0.6 is 0 Å². The number of carbonyl (C=O) groups is 1. The van der Waals surface area contributed by atoms with Crippen LogP contribution in [-0.4, -0.2) is 13.1 Å². The van der Waals surface area contributed by atoms with Gasteiger partial charge in [0.1, 0.15) is 11.6 Å². The van der Waals surface area contributed by atoms with Crippen molar-refractivity contribution in [2.45, 2.75) is 13.8 Å². The predicted octanol–water partition coefficient (Wildman–Crippen LogP) is 4.10. The molecular formula is C16H17FN2O2. The standard InChI is InChI=1S/C16H17FN2O2/c1-10-4-6-15(13(17)8-10)19-16(20)18-14-7-5-12(21-3)9-11(14)2/h4-9H,1-3H3,(H2,18,19,20). The zero-order chi connectivity index (χ0) is 15.4. The minimum Gasteiger partial charge on any atom is -0.497 e. The smallest absolute Gasteiger partial charge is 0.323 e. The molecule has 0 fully saturated rings. The third-order valence-electron chi connectivity index (χ3n) is 3.05. The van der Waals surface area contributed by atoms with E-state index in [0.29, 0.717) is 11.4 Å². The van der Waals surface area contributed by atoms with Crippen LogP contribution in [0.4, 0.5) is 20.6 Å². The topological polar surface area (TPSA) is 50.4 Å². The number of rotatable bonds is 3. The van der Waals surface area contributed by atoms with Gasteiger partial charge in [0.25, 0.3) is 0 Å². The van der Waals surface area contributed by atoms with Crippen LogP contribution in [0.3, 0.4) is 0 Å². The van der Waals surface area contributed by atoms with Crippen molar-refractivity contribution < 1.29 is 13.9 Å². The van der Waals surface area contributed by atoms with Crippen molar-refractivity contribution >= 4 is 17.4 Å². The first kappa shape index (κ1) is 14.8. The average molecular weight is 288 g/mol. The fourth-order valence-electron chi connectivity index (χ4n) is 1.90. The van der Waals surface area contributed by atoms with Gasteiger partial charge in [-0.1, -0.05) is 6.07 Å². The highest BCUT2D eigenvalue weighted by molar-refractivity contribution is 6.00. The van der Waals surface area contributed by atoms with Gasteiger partial charge in [-0.25, -0.2) is 9.18 Å². The summed E-state index contributed by atoms with van der Waals surface area (Å²) >= 11 is 0. The SMILES string of the molecule is COc1ccc(NC(=O)Nc2ccc(C)cc2F)c(C)c1. The van der Waals surface area contributed by atoms with E-state index in [-0.39, 0.29) is 5.69 Å². The molecule has 2 aromatic rings. The summed E-state index contributed by atoms with van der Waals surface area (Å²) in [4.78, 5) is 11.9. The molecule has 0 aliphatic carbocycles. The van der Waals surface area contributed by atoms with Crippen molar-refractivity contribution in [2.24, 2.45) is 0 Å². The molecule has 0 atom stereocenters. The van der Waals surface area contributed by atoms with Crippen LogP contribution in [0.25, 0.3) is 0 Å². The Bertz CT molecular complexity index is 671. The first-order chi connectivity index (χ1) is 9.99. The highest BCUT2D eigenvalue weighted by atomic mass is 19.1. The quantitative estimate of drug-likeness (QED) is 0.893. The second-order valence-corrected chi connectivity index (χ2v) is 4.74. The van der Waals surface area contributed by atoms with Gasteiger partial charge in [-0.05, 0) is 55.3 Å². The molecule has 0 aliphatic rings. The van der Waals surface area contributed by atoms with E-state index < -0.39 is 11.8 Å². The molecule has 0 radical (unpaired) electrons. The molecule has 21 heavy (non-hydrogen) atoms. The lowest BCUT2D eigenvalue weighted by molar-refractivity contribution is 0.262. The van der Waals surface area contributed by atoms with E-state index >= 15 is 0 Å². The summed E-state index contributed by atoms with van der Waals surface area (Å²) in [7, 11) is 1.58. The molecule has 2 amide bonds. The molecule has 110 valence electrons. The number of hydrogen-bond donors (Lipinski definition) is 2. The van der Waals surface area contributed by atoms with Gasteiger partial charge in [0.15, 0.2) is 0 Å². The summed E-state index contributed by atoms with van der Waals surface area (Å²) in [5, 5.41) is 5.16. The number of benzene rings is 2. The molecule has 0 saturated carbocycles. The van der Waals surface area contributed by atoms with Crippen molar-refractivity contribution in [3.63, 3.8) is 0 Å².